The van der Waals surface area contributed by atoms with Gasteiger partial charge in [-0.15, -0.1) is 0 Å². The molecule has 0 radical (unpaired) electrons. The van der Waals surface area contributed by atoms with E-state index in [9.17, 15) is 17.6 Å². The van der Waals surface area contributed by atoms with Gasteiger partial charge in [0.2, 0.25) is 15.9 Å². The van der Waals surface area contributed by atoms with E-state index < -0.39 is 21.7 Å². The van der Waals surface area contributed by atoms with Crippen LogP contribution in [0.2, 0.25) is 5.02 Å². The summed E-state index contributed by atoms with van der Waals surface area (Å²) in [6, 6.07) is 8.16. The van der Waals surface area contributed by atoms with Crippen molar-refractivity contribution in [2.24, 2.45) is 4.99 Å². The highest BCUT2D eigenvalue weighted by Gasteiger charge is 2.20. The fourth-order valence-corrected chi connectivity index (χ4v) is 4.00. The number of aliphatic hydroxyl groups is 1. The molecule has 4 N–H and O–H groups in total. The third kappa shape index (κ3) is 6.86. The van der Waals surface area contributed by atoms with Crippen LogP contribution in [0, 0.1) is 5.82 Å². The first kappa shape index (κ1) is 25.5. The van der Waals surface area contributed by atoms with E-state index in [1.165, 1.54) is 31.5 Å². The highest BCUT2D eigenvalue weighted by Crippen LogP contribution is 2.26. The van der Waals surface area contributed by atoms with Gasteiger partial charge in [-0.2, -0.15) is 0 Å². The molecule has 2 rings (SSSR count). The van der Waals surface area contributed by atoms with Crippen LogP contribution in [-0.2, 0) is 21.2 Å². The summed E-state index contributed by atoms with van der Waals surface area (Å²) in [4.78, 5) is 16.3. The van der Waals surface area contributed by atoms with Crippen molar-refractivity contribution < 1.29 is 22.7 Å². The van der Waals surface area contributed by atoms with Crippen molar-refractivity contribution in [2.45, 2.75) is 11.3 Å². The Morgan fingerprint density at radius 2 is 2.00 bits per heavy atom. The maximum atomic E-state index is 13.2. The second kappa shape index (κ2) is 11.7. The van der Waals surface area contributed by atoms with Crippen LogP contribution in [-0.4, -0.2) is 52.9 Å². The highest BCUT2D eigenvalue weighted by molar-refractivity contribution is 7.89. The van der Waals surface area contributed by atoms with Gasteiger partial charge in [-0.05, 0) is 36.9 Å². The minimum absolute atomic E-state index is 0.0745. The van der Waals surface area contributed by atoms with Crippen LogP contribution < -0.4 is 15.4 Å². The van der Waals surface area contributed by atoms with Crippen LogP contribution in [0.25, 0.3) is 5.57 Å². The lowest BCUT2D eigenvalue weighted by molar-refractivity contribution is -0.115. The Morgan fingerprint density at radius 1 is 1.25 bits per heavy atom. The molecule has 172 valence electrons. The normalized spacial score (nSPS) is 12.2. The molecule has 32 heavy (non-hydrogen) atoms. The standard InChI is InChI=1S/C21H24ClFN4O4S/c1-24-12-15(13-26-7-8-28)18-6-5-17(11-20(18)32(30,31)25-2)27-21(29)9-14-3-4-16(23)10-19(14)22/h3-6,10-13,25-26,28H,7-9H2,1-2H3,(H,27,29)/b15-13+,24-12?. The van der Waals surface area contributed by atoms with Crippen molar-refractivity contribution in [3.63, 3.8) is 0 Å². The molecule has 0 aliphatic carbocycles. The smallest absolute Gasteiger partial charge is 0.241 e. The monoisotopic (exact) mass is 482 g/mol. The highest BCUT2D eigenvalue weighted by atomic mass is 35.5. The summed E-state index contributed by atoms with van der Waals surface area (Å²) in [6.07, 6.45) is 2.90. The summed E-state index contributed by atoms with van der Waals surface area (Å²) in [5.74, 6) is -0.959. The van der Waals surface area contributed by atoms with Gasteiger partial charge in [-0.25, -0.2) is 17.5 Å². The van der Waals surface area contributed by atoms with Crippen molar-refractivity contribution in [1.82, 2.24) is 10.0 Å². The summed E-state index contributed by atoms with van der Waals surface area (Å²) >= 11 is 5.97. The van der Waals surface area contributed by atoms with Gasteiger partial charge < -0.3 is 15.7 Å². The van der Waals surface area contributed by atoms with Crippen LogP contribution in [0.1, 0.15) is 11.1 Å². The molecule has 1 amide bonds. The summed E-state index contributed by atoms with van der Waals surface area (Å²) in [5, 5.41) is 14.6. The average Bonchev–Trinajstić information content (AvgIpc) is 2.75. The number of anilines is 1. The predicted octanol–water partition coefficient (Wildman–Crippen LogP) is 2.19. The van der Waals surface area contributed by atoms with Crippen molar-refractivity contribution in [3.8, 4) is 0 Å². The maximum absolute atomic E-state index is 13.2. The number of allylic oxidation sites excluding steroid dienone is 1. The Kier molecular flexibility index (Phi) is 9.33. The zero-order valence-corrected chi connectivity index (χ0v) is 19.1. The molecule has 0 fully saturated rings. The molecule has 8 nitrogen and oxygen atoms in total. The lowest BCUT2D eigenvalue weighted by atomic mass is 10.1. The van der Waals surface area contributed by atoms with Crippen molar-refractivity contribution in [2.75, 3.05) is 32.6 Å². The molecule has 0 spiro atoms. The average molecular weight is 483 g/mol. The van der Waals surface area contributed by atoms with Crippen molar-refractivity contribution in [1.29, 1.82) is 0 Å². The number of amides is 1. The molecule has 0 atom stereocenters. The minimum Gasteiger partial charge on any atom is -0.395 e. The third-order valence-electron chi connectivity index (χ3n) is 4.28. The van der Waals surface area contributed by atoms with Crippen LogP contribution >= 0.6 is 11.6 Å². The van der Waals surface area contributed by atoms with E-state index in [0.717, 1.165) is 6.07 Å². The van der Waals surface area contributed by atoms with Gasteiger partial charge in [-0.1, -0.05) is 23.7 Å². The largest absolute Gasteiger partial charge is 0.395 e. The Labute approximate surface area is 191 Å². The Bertz CT molecular complexity index is 1140. The van der Waals surface area contributed by atoms with Gasteiger partial charge in [-0.3, -0.25) is 9.79 Å². The van der Waals surface area contributed by atoms with E-state index in [1.54, 1.807) is 25.4 Å². The number of carbonyl (C=O) groups is 1. The minimum atomic E-state index is -3.90. The SMILES string of the molecule is CN=C/C(=C\NCCO)c1ccc(NC(=O)Cc2ccc(F)cc2Cl)cc1S(=O)(=O)NC. The van der Waals surface area contributed by atoms with Gasteiger partial charge in [0.05, 0.1) is 17.9 Å². The molecule has 2 aromatic carbocycles. The topological polar surface area (TPSA) is 120 Å². The quantitative estimate of drug-likeness (QED) is 0.305. The number of nitrogens with zero attached hydrogens (tertiary/aromatic N) is 1. The molecule has 0 aromatic heterocycles. The number of benzene rings is 2. The second-order valence-electron chi connectivity index (χ2n) is 6.54. The van der Waals surface area contributed by atoms with Crippen molar-refractivity contribution in [3.05, 3.63) is 64.6 Å². The summed E-state index contributed by atoms with van der Waals surface area (Å²) in [7, 11) is -1.07. The number of halogens is 2. The predicted molar refractivity (Wildman–Crippen MR) is 124 cm³/mol. The zero-order valence-electron chi connectivity index (χ0n) is 17.5. The zero-order chi connectivity index (χ0) is 23.7. The van der Waals surface area contributed by atoms with Crippen LogP contribution in [0.5, 0.6) is 0 Å². The van der Waals surface area contributed by atoms with E-state index in [-0.39, 0.29) is 35.2 Å². The summed E-state index contributed by atoms with van der Waals surface area (Å²) < 4.78 is 40.8. The van der Waals surface area contributed by atoms with E-state index in [2.05, 4.69) is 20.3 Å². The van der Waals surface area contributed by atoms with Gasteiger partial charge in [0.1, 0.15) is 5.82 Å². The molecule has 0 bridgehead atoms. The van der Waals surface area contributed by atoms with E-state index in [1.807, 2.05) is 0 Å². The molecular weight excluding hydrogens is 459 g/mol. The molecule has 2 aromatic rings. The van der Waals surface area contributed by atoms with Gasteiger partial charge in [0.15, 0.2) is 0 Å². The fourth-order valence-electron chi connectivity index (χ4n) is 2.78. The number of aliphatic hydroxyl groups excluding tert-OH is 1. The lowest BCUT2D eigenvalue weighted by Gasteiger charge is -2.14. The summed E-state index contributed by atoms with van der Waals surface area (Å²) in [6.45, 7) is 0.174. The Balaban J connectivity index is 2.38. The molecule has 0 saturated heterocycles. The number of nitrogens with one attached hydrogen (secondary N) is 3. The number of rotatable bonds is 10. The molecule has 0 aliphatic heterocycles. The van der Waals surface area contributed by atoms with Gasteiger partial charge in [0, 0.05) is 47.9 Å². The lowest BCUT2D eigenvalue weighted by Crippen LogP contribution is -2.21. The number of aliphatic imine (C=N–C) groups is 1. The number of carbonyl (C=O) groups excluding carboxylic acids is 1. The maximum Gasteiger partial charge on any atom is 0.241 e. The number of hydrogen-bond donors (Lipinski definition) is 4. The first-order valence-corrected chi connectivity index (χ1v) is 11.4. The number of sulfonamides is 1. The first-order chi connectivity index (χ1) is 15.2. The van der Waals surface area contributed by atoms with Gasteiger partial charge in [0.25, 0.3) is 0 Å². The van der Waals surface area contributed by atoms with Crippen LogP contribution in [0.3, 0.4) is 0 Å². The van der Waals surface area contributed by atoms with Crippen LogP contribution in [0.15, 0.2) is 52.5 Å². The Morgan fingerprint density at radius 3 is 2.62 bits per heavy atom. The molecule has 11 heteroatoms. The first-order valence-electron chi connectivity index (χ1n) is 9.50. The Hall–Kier alpha value is -2.79. The number of hydrogen-bond acceptors (Lipinski definition) is 6. The van der Waals surface area contributed by atoms with Crippen LogP contribution in [0.4, 0.5) is 10.1 Å². The molecule has 0 saturated carbocycles. The van der Waals surface area contributed by atoms with E-state index >= 15 is 0 Å². The third-order valence-corrected chi connectivity index (χ3v) is 6.09. The molecule has 0 unspecified atom stereocenters. The summed E-state index contributed by atoms with van der Waals surface area (Å²) in [5.41, 5.74) is 1.49. The molecule has 0 heterocycles. The molecule has 0 aliphatic rings. The van der Waals surface area contributed by atoms with Crippen molar-refractivity contribution >= 4 is 45.0 Å². The van der Waals surface area contributed by atoms with E-state index in [4.69, 9.17) is 16.7 Å². The fraction of sp³-hybridized carbons (Fsp3) is 0.238. The van der Waals surface area contributed by atoms with Gasteiger partial charge >= 0.3 is 0 Å². The van der Waals surface area contributed by atoms with E-state index in [0.29, 0.717) is 16.7 Å². The molecular formula is C21H24ClFN4O4S. The second-order valence-corrected chi connectivity index (χ2v) is 8.81.